The third kappa shape index (κ3) is 4.62. The summed E-state index contributed by atoms with van der Waals surface area (Å²) in [7, 11) is 4.13. The van der Waals surface area contributed by atoms with Crippen molar-refractivity contribution >= 4 is 40.7 Å². The summed E-state index contributed by atoms with van der Waals surface area (Å²) in [5.74, 6) is 1.03. The van der Waals surface area contributed by atoms with Gasteiger partial charge in [0.25, 0.3) is 0 Å². The second kappa shape index (κ2) is 9.66. The average Bonchev–Trinajstić information content (AvgIpc) is 3.45. The molecular formula is C29H30ClN7O2. The molecule has 2 aliphatic heterocycles. The molecule has 0 amide bonds. The summed E-state index contributed by atoms with van der Waals surface area (Å²) in [6.45, 7) is 4.27. The molecule has 39 heavy (non-hydrogen) atoms. The van der Waals surface area contributed by atoms with Crippen LogP contribution in [0.1, 0.15) is 30.0 Å². The zero-order chi connectivity index (χ0) is 27.3. The highest BCUT2D eigenvalue weighted by Crippen LogP contribution is 2.47. The van der Waals surface area contributed by atoms with Crippen LogP contribution in [-0.4, -0.2) is 55.6 Å². The first kappa shape index (κ1) is 25.3. The zero-order valence-electron chi connectivity index (χ0n) is 22.1. The molecule has 6 rings (SSSR count). The van der Waals surface area contributed by atoms with Gasteiger partial charge in [0.2, 0.25) is 5.95 Å². The SMILES string of the molecule is CN1CCc2c(cc(Nc3ncc(Cl)c(N4CC(C)(CC(=O)O)c5ccccc54)n3)cc2-c2nccn2C)C1. The van der Waals surface area contributed by atoms with Crippen LogP contribution < -0.4 is 10.2 Å². The van der Waals surface area contributed by atoms with Crippen LogP contribution >= 0.6 is 11.6 Å². The van der Waals surface area contributed by atoms with E-state index in [1.807, 2.05) is 60.1 Å². The van der Waals surface area contributed by atoms with Crippen molar-refractivity contribution in [1.82, 2.24) is 24.4 Å². The first-order valence-electron chi connectivity index (χ1n) is 12.9. The molecule has 0 spiro atoms. The molecule has 0 saturated heterocycles. The highest BCUT2D eigenvalue weighted by molar-refractivity contribution is 6.33. The predicted molar refractivity (Wildman–Crippen MR) is 152 cm³/mol. The first-order chi connectivity index (χ1) is 18.7. The van der Waals surface area contributed by atoms with E-state index >= 15 is 0 Å². The Balaban J connectivity index is 1.38. The number of aryl methyl sites for hydroxylation is 1. The fourth-order valence-electron chi connectivity index (χ4n) is 5.89. The molecule has 0 fully saturated rings. The number of aliphatic carboxylic acids is 1. The van der Waals surface area contributed by atoms with E-state index in [1.54, 1.807) is 6.20 Å². The minimum atomic E-state index is -0.841. The molecule has 0 aliphatic carbocycles. The number of halogens is 1. The molecule has 200 valence electrons. The Morgan fingerprint density at radius 3 is 2.79 bits per heavy atom. The number of para-hydroxylation sites is 1. The summed E-state index contributed by atoms with van der Waals surface area (Å²) in [5.41, 5.74) is 5.83. The zero-order valence-corrected chi connectivity index (χ0v) is 22.9. The summed E-state index contributed by atoms with van der Waals surface area (Å²) in [6, 6.07) is 12.1. The van der Waals surface area contributed by atoms with E-state index in [2.05, 4.69) is 39.4 Å². The monoisotopic (exact) mass is 543 g/mol. The number of fused-ring (bicyclic) bond motifs is 2. The van der Waals surface area contributed by atoms with Crippen molar-refractivity contribution in [2.45, 2.75) is 31.7 Å². The number of imidazole rings is 1. The molecular weight excluding hydrogens is 514 g/mol. The number of carbonyl (C=O) groups is 1. The molecule has 2 aliphatic rings. The molecule has 4 aromatic rings. The van der Waals surface area contributed by atoms with Gasteiger partial charge in [0.1, 0.15) is 10.8 Å². The summed E-state index contributed by atoms with van der Waals surface area (Å²) >= 11 is 6.64. The van der Waals surface area contributed by atoms with E-state index in [0.717, 1.165) is 47.8 Å². The van der Waals surface area contributed by atoms with E-state index in [4.69, 9.17) is 16.6 Å². The van der Waals surface area contributed by atoms with Crippen molar-refractivity contribution in [2.24, 2.45) is 7.05 Å². The lowest BCUT2D eigenvalue weighted by Gasteiger charge is -2.28. The van der Waals surface area contributed by atoms with Crippen molar-refractivity contribution in [3.05, 3.63) is 76.7 Å². The topological polar surface area (TPSA) is 99.4 Å². The Hall–Kier alpha value is -3.95. The van der Waals surface area contributed by atoms with Crippen LogP contribution in [0.15, 0.2) is 55.0 Å². The number of likely N-dealkylation sites (N-methyl/N-ethyl adjacent to an activating group) is 1. The molecule has 0 bridgehead atoms. The minimum absolute atomic E-state index is 0.00780. The van der Waals surface area contributed by atoms with Crippen molar-refractivity contribution in [1.29, 1.82) is 0 Å². The summed E-state index contributed by atoms with van der Waals surface area (Å²) in [4.78, 5) is 29.9. The van der Waals surface area contributed by atoms with E-state index in [1.165, 1.54) is 11.1 Å². The number of rotatable bonds is 6. The van der Waals surface area contributed by atoms with Crippen molar-refractivity contribution in [3.63, 3.8) is 0 Å². The van der Waals surface area contributed by atoms with Gasteiger partial charge in [0.05, 0.1) is 12.6 Å². The lowest BCUT2D eigenvalue weighted by molar-refractivity contribution is -0.138. The molecule has 2 aromatic carbocycles. The highest BCUT2D eigenvalue weighted by Gasteiger charge is 2.42. The van der Waals surface area contributed by atoms with Crippen molar-refractivity contribution in [3.8, 4) is 11.4 Å². The molecule has 1 unspecified atom stereocenters. The number of hydrogen-bond acceptors (Lipinski definition) is 7. The minimum Gasteiger partial charge on any atom is -0.481 e. The fourth-order valence-corrected chi connectivity index (χ4v) is 6.08. The number of benzene rings is 2. The maximum Gasteiger partial charge on any atom is 0.304 e. The Morgan fingerprint density at radius 1 is 1.21 bits per heavy atom. The molecule has 2 aromatic heterocycles. The lowest BCUT2D eigenvalue weighted by Crippen LogP contribution is -2.31. The fraction of sp³-hybridized carbons (Fsp3) is 0.310. The normalized spacial score (nSPS) is 18.6. The predicted octanol–water partition coefficient (Wildman–Crippen LogP) is 5.15. The number of aromatic nitrogens is 4. The van der Waals surface area contributed by atoms with E-state index in [9.17, 15) is 9.90 Å². The number of nitrogens with one attached hydrogen (secondary N) is 1. The molecule has 2 N–H and O–H groups in total. The van der Waals surface area contributed by atoms with E-state index in [0.29, 0.717) is 23.3 Å². The van der Waals surface area contributed by atoms with Gasteiger partial charge in [0, 0.05) is 61.4 Å². The third-order valence-corrected chi connectivity index (χ3v) is 7.99. The molecule has 4 heterocycles. The smallest absolute Gasteiger partial charge is 0.304 e. The van der Waals surface area contributed by atoms with E-state index in [-0.39, 0.29) is 6.42 Å². The van der Waals surface area contributed by atoms with Gasteiger partial charge >= 0.3 is 5.97 Å². The molecule has 0 radical (unpaired) electrons. The Kier molecular flexibility index (Phi) is 6.28. The third-order valence-electron chi connectivity index (χ3n) is 7.72. The van der Waals surface area contributed by atoms with Gasteiger partial charge in [-0.15, -0.1) is 0 Å². The van der Waals surface area contributed by atoms with Gasteiger partial charge in [-0.25, -0.2) is 9.97 Å². The second-order valence-electron chi connectivity index (χ2n) is 10.7. The summed E-state index contributed by atoms with van der Waals surface area (Å²) < 4.78 is 2.04. The molecule has 9 nitrogen and oxygen atoms in total. The quantitative estimate of drug-likeness (QED) is 0.344. The van der Waals surface area contributed by atoms with Crippen LogP contribution in [0.25, 0.3) is 11.4 Å². The number of hydrogen-bond donors (Lipinski definition) is 2. The van der Waals surface area contributed by atoms with Crippen LogP contribution in [0.4, 0.5) is 23.1 Å². The number of carboxylic acid groups (broad SMARTS) is 1. The van der Waals surface area contributed by atoms with Crippen molar-refractivity contribution < 1.29 is 9.90 Å². The Morgan fingerprint density at radius 2 is 2.03 bits per heavy atom. The number of anilines is 4. The molecule has 10 heteroatoms. The van der Waals surface area contributed by atoms with Gasteiger partial charge in [-0.3, -0.25) is 4.79 Å². The van der Waals surface area contributed by atoms with Crippen molar-refractivity contribution in [2.75, 3.05) is 30.4 Å². The maximum atomic E-state index is 11.7. The maximum absolute atomic E-state index is 11.7. The van der Waals surface area contributed by atoms with E-state index < -0.39 is 11.4 Å². The molecule has 1 atom stereocenters. The van der Waals surface area contributed by atoms with Crippen LogP contribution in [-0.2, 0) is 30.2 Å². The van der Waals surface area contributed by atoms with Crippen LogP contribution in [0, 0.1) is 0 Å². The first-order valence-corrected chi connectivity index (χ1v) is 13.3. The standard InChI is InChI=1S/C29H30ClN7O2/c1-29(14-25(38)39)17-37(24-7-5-4-6-22(24)29)27-23(30)15-32-28(34-27)33-19-12-18-16-35(2)10-8-20(18)21(13-19)26-31-9-11-36(26)3/h4-7,9,11-13,15H,8,10,14,16-17H2,1-3H3,(H,38,39)(H,32,33,34). The van der Waals surface area contributed by atoms with Gasteiger partial charge in [-0.05, 0) is 48.4 Å². The number of carboxylic acids is 1. The van der Waals surface area contributed by atoms with Crippen LogP contribution in [0.5, 0.6) is 0 Å². The van der Waals surface area contributed by atoms with Gasteiger partial charge < -0.3 is 24.8 Å². The van der Waals surface area contributed by atoms with Crippen LogP contribution in [0.3, 0.4) is 0 Å². The van der Waals surface area contributed by atoms with Gasteiger partial charge in [0.15, 0.2) is 5.82 Å². The lowest BCUT2D eigenvalue weighted by atomic mass is 9.81. The Labute approximate surface area is 232 Å². The average molecular weight is 544 g/mol. The largest absolute Gasteiger partial charge is 0.481 e. The summed E-state index contributed by atoms with van der Waals surface area (Å²) in [6.07, 6.45) is 6.33. The second-order valence-corrected chi connectivity index (χ2v) is 11.1. The number of nitrogens with zero attached hydrogens (tertiary/aromatic N) is 6. The van der Waals surface area contributed by atoms with Gasteiger partial charge in [-0.1, -0.05) is 36.7 Å². The summed E-state index contributed by atoms with van der Waals surface area (Å²) in [5, 5.41) is 13.4. The van der Waals surface area contributed by atoms with Gasteiger partial charge in [-0.2, -0.15) is 4.98 Å². The highest BCUT2D eigenvalue weighted by atomic mass is 35.5. The van der Waals surface area contributed by atoms with Crippen LogP contribution in [0.2, 0.25) is 5.02 Å². The molecule has 0 saturated carbocycles. The Bertz CT molecular complexity index is 1590.